The number of esters is 1. The summed E-state index contributed by atoms with van der Waals surface area (Å²) in [5.74, 6) is -8.76. The van der Waals surface area contributed by atoms with Crippen LogP contribution in [0.15, 0.2) is 71.8 Å². The molecule has 0 saturated carbocycles. The maximum absolute atomic E-state index is 14.8. The minimum Gasteiger partial charge on any atom is -0.507 e. The highest BCUT2D eigenvalue weighted by molar-refractivity contribution is 6.33. The number of aryl methyl sites for hydroxylation is 1. The number of aromatic hydroxyl groups is 1. The van der Waals surface area contributed by atoms with Crippen molar-refractivity contribution in [2.75, 3.05) is 12.4 Å². The molecule has 7 bridgehead atoms. The number of phenols is 1. The van der Waals surface area contributed by atoms with Crippen LogP contribution in [0.2, 0.25) is 0 Å². The molecule has 0 spiro atoms. The number of hydrogen-bond acceptors (Lipinski definition) is 13. The second-order valence-corrected chi connectivity index (χ2v) is 17.1. The number of benzene rings is 2. The number of hydrogen-bond donors (Lipinski definition) is 3. The highest BCUT2D eigenvalue weighted by Gasteiger charge is 2.53. The molecule has 9 atom stereocenters. The standard InChI is InChI=1S/C47H56N2O12/c1-22-15-13-18-30(21-22)48-35-36-39(53)33-32(38(35)52)34-43(26(5)37(33)51)61-47(11,44(34)54)57-20-19-31(56-12)25(4)41(58-29(8)50)28(7)42-27(6)40(59-46(9,10)60-42)23(2)16-14-17-24(3)45(55)49-36/h13-21,23,25,27-28,31,40-42,48,51H,1-12H3,(H,49,55)/b16-14-,20-19-,24-17-/t23-,25+,27+,28+,31-,40+,41+,42+,47-/m0/s1. The first-order chi connectivity index (χ1) is 28.6. The van der Waals surface area contributed by atoms with Gasteiger partial charge in [-0.25, -0.2) is 0 Å². The number of fused-ring (bicyclic) bond motifs is 10. The van der Waals surface area contributed by atoms with Gasteiger partial charge in [-0.3, -0.25) is 24.0 Å². The van der Waals surface area contributed by atoms with Crippen LogP contribution in [0, 0.1) is 37.5 Å². The van der Waals surface area contributed by atoms with Crippen LogP contribution < -0.4 is 15.4 Å². The summed E-state index contributed by atoms with van der Waals surface area (Å²) in [6.45, 7) is 19.1. The number of allylic oxidation sites excluding steroid dienone is 4. The SMILES string of the molecule is CO[C@H]1/C=C\O[C@@]2(C)Oc3c(C)c(O)c4c(c3C2=O)C(=O)C(Nc2cccc(C)c2)=C(NC(=O)/C(C)=C\C=C/[C@H](C)[C@H]2OC(C)(C)O[C@@H]([C@H](C)[C@H](OC(C)=O)[C@@H]1C)[C@@H]2C)C4=O. The zero-order valence-corrected chi connectivity index (χ0v) is 36.8. The minimum atomic E-state index is -2.06. The number of methoxy groups -OCH3 is 1. The first kappa shape index (κ1) is 45.0. The Bertz CT molecular complexity index is 2290. The molecule has 14 heteroatoms. The van der Waals surface area contributed by atoms with Gasteiger partial charge in [0.2, 0.25) is 11.6 Å². The second kappa shape index (κ2) is 17.1. The lowest BCUT2D eigenvalue weighted by molar-refractivity contribution is -0.336. The Morgan fingerprint density at radius 1 is 0.885 bits per heavy atom. The number of carbonyl (C=O) groups is 5. The Morgan fingerprint density at radius 2 is 1.57 bits per heavy atom. The van der Waals surface area contributed by atoms with E-state index in [-0.39, 0.29) is 52.0 Å². The minimum absolute atomic E-state index is 0.0107. The molecule has 1 saturated heterocycles. The van der Waals surface area contributed by atoms with Gasteiger partial charge in [0.25, 0.3) is 11.7 Å². The Kier molecular flexibility index (Phi) is 12.6. The predicted octanol–water partition coefficient (Wildman–Crippen LogP) is 7.18. The number of ether oxygens (including phenoxy) is 6. The van der Waals surface area contributed by atoms with E-state index in [4.69, 9.17) is 28.4 Å². The van der Waals surface area contributed by atoms with E-state index in [0.717, 1.165) is 5.56 Å². The van der Waals surface area contributed by atoms with Crippen LogP contribution in [0.5, 0.6) is 11.5 Å². The van der Waals surface area contributed by atoms with E-state index < -0.39 is 87.6 Å². The fourth-order valence-corrected chi connectivity index (χ4v) is 8.76. The van der Waals surface area contributed by atoms with Crippen LogP contribution >= 0.6 is 0 Å². The fraction of sp³-hybridized carbons (Fsp3) is 0.468. The predicted molar refractivity (Wildman–Crippen MR) is 225 cm³/mol. The number of rotatable bonds is 4. The van der Waals surface area contributed by atoms with E-state index in [1.807, 2.05) is 60.6 Å². The number of carbonyl (C=O) groups excluding carboxylic acids is 5. The summed E-state index contributed by atoms with van der Waals surface area (Å²) < 4.78 is 37.1. The van der Waals surface area contributed by atoms with Crippen molar-refractivity contribution in [2.24, 2.45) is 23.7 Å². The molecule has 5 aliphatic rings. The van der Waals surface area contributed by atoms with Gasteiger partial charge < -0.3 is 44.2 Å². The lowest BCUT2D eigenvalue weighted by Gasteiger charge is -2.50. The Labute approximate surface area is 356 Å². The van der Waals surface area contributed by atoms with Gasteiger partial charge in [0.05, 0.1) is 41.3 Å². The average molecular weight is 841 g/mol. The molecule has 2 aromatic rings. The van der Waals surface area contributed by atoms with Gasteiger partial charge in [-0.2, -0.15) is 0 Å². The number of phenolic OH excluding ortho intramolecular Hbond substituents is 1. The quantitative estimate of drug-likeness (QED) is 0.264. The molecule has 2 aromatic carbocycles. The number of ketones is 3. The van der Waals surface area contributed by atoms with E-state index in [1.54, 1.807) is 43.4 Å². The van der Waals surface area contributed by atoms with Crippen LogP contribution in [-0.2, 0) is 33.3 Å². The van der Waals surface area contributed by atoms with Crippen molar-refractivity contribution in [2.45, 2.75) is 112 Å². The molecule has 7 rings (SSSR count). The molecule has 61 heavy (non-hydrogen) atoms. The topological polar surface area (TPSA) is 185 Å². The van der Waals surface area contributed by atoms with E-state index >= 15 is 0 Å². The summed E-state index contributed by atoms with van der Waals surface area (Å²) >= 11 is 0. The van der Waals surface area contributed by atoms with E-state index in [0.29, 0.717) is 5.69 Å². The third-order valence-corrected chi connectivity index (χ3v) is 12.0. The molecule has 0 unspecified atom stereocenters. The number of nitrogens with one attached hydrogen (secondary N) is 2. The van der Waals surface area contributed by atoms with Crippen LogP contribution in [0.1, 0.15) is 105 Å². The third kappa shape index (κ3) is 8.53. The summed E-state index contributed by atoms with van der Waals surface area (Å²) in [7, 11) is 1.50. The first-order valence-corrected chi connectivity index (χ1v) is 20.5. The normalized spacial score (nSPS) is 32.2. The van der Waals surface area contributed by atoms with Crippen LogP contribution in [0.3, 0.4) is 0 Å². The molecule has 4 heterocycles. The molecule has 0 radical (unpaired) electrons. The second-order valence-electron chi connectivity index (χ2n) is 17.1. The van der Waals surface area contributed by atoms with Gasteiger partial charge in [0, 0.05) is 61.5 Å². The fourth-order valence-electron chi connectivity index (χ4n) is 8.76. The molecule has 326 valence electrons. The van der Waals surface area contributed by atoms with E-state index in [1.165, 1.54) is 34.1 Å². The van der Waals surface area contributed by atoms with Crippen molar-refractivity contribution in [1.82, 2.24) is 5.32 Å². The molecular weight excluding hydrogens is 785 g/mol. The third-order valence-electron chi connectivity index (χ3n) is 12.0. The molecule has 1 amide bonds. The Hall–Kier alpha value is -5.57. The van der Waals surface area contributed by atoms with Crippen LogP contribution in [0.25, 0.3) is 0 Å². The summed E-state index contributed by atoms with van der Waals surface area (Å²) in [6.07, 6.45) is 5.77. The van der Waals surface area contributed by atoms with Crippen molar-refractivity contribution in [3.63, 3.8) is 0 Å². The molecule has 0 aromatic heterocycles. The molecular formula is C47H56N2O12. The number of anilines is 1. The van der Waals surface area contributed by atoms with Gasteiger partial charge in [0.1, 0.15) is 29.0 Å². The zero-order chi connectivity index (χ0) is 44.9. The van der Waals surface area contributed by atoms with Gasteiger partial charge in [-0.1, -0.05) is 58.1 Å². The highest BCUT2D eigenvalue weighted by atomic mass is 16.7. The summed E-state index contributed by atoms with van der Waals surface area (Å²) in [6, 6.07) is 7.03. The van der Waals surface area contributed by atoms with Gasteiger partial charge in [0.15, 0.2) is 5.79 Å². The van der Waals surface area contributed by atoms with Crippen molar-refractivity contribution >= 4 is 34.9 Å². The largest absolute Gasteiger partial charge is 0.507 e. The maximum atomic E-state index is 14.8. The average Bonchev–Trinajstić information content (AvgIpc) is 3.46. The van der Waals surface area contributed by atoms with Gasteiger partial charge >= 0.3 is 11.8 Å². The smallest absolute Gasteiger partial charge is 0.312 e. The molecule has 14 nitrogen and oxygen atoms in total. The summed E-state index contributed by atoms with van der Waals surface area (Å²) in [5, 5.41) is 17.2. The molecule has 3 N–H and O–H groups in total. The van der Waals surface area contributed by atoms with E-state index in [9.17, 15) is 29.1 Å². The number of amides is 1. The molecule has 1 fully saturated rings. The lowest BCUT2D eigenvalue weighted by Crippen LogP contribution is -2.56. The van der Waals surface area contributed by atoms with Crippen molar-refractivity contribution in [3.8, 4) is 11.5 Å². The van der Waals surface area contributed by atoms with Gasteiger partial charge in [-0.15, -0.1) is 0 Å². The maximum Gasteiger partial charge on any atom is 0.312 e. The Morgan fingerprint density at radius 3 is 2.23 bits per heavy atom. The van der Waals surface area contributed by atoms with E-state index in [2.05, 4.69) is 10.6 Å². The Balaban J connectivity index is 1.51. The van der Waals surface area contributed by atoms with Gasteiger partial charge in [-0.05, 0) is 58.4 Å². The molecule has 4 aliphatic heterocycles. The number of Topliss-reactive ketones (excluding diaryl/α,β-unsaturated/α-hetero) is 3. The monoisotopic (exact) mass is 840 g/mol. The summed E-state index contributed by atoms with van der Waals surface area (Å²) in [4.78, 5) is 70.3. The van der Waals surface area contributed by atoms with Crippen molar-refractivity contribution < 1.29 is 57.5 Å². The van der Waals surface area contributed by atoms with Crippen molar-refractivity contribution in [1.29, 1.82) is 0 Å². The summed E-state index contributed by atoms with van der Waals surface area (Å²) in [5.41, 5.74) is -0.358. The lowest BCUT2D eigenvalue weighted by atomic mass is 9.77. The molecule has 1 aliphatic carbocycles. The first-order valence-electron chi connectivity index (χ1n) is 20.5. The zero-order valence-electron chi connectivity index (χ0n) is 36.8. The van der Waals surface area contributed by atoms with Crippen molar-refractivity contribution in [3.05, 3.63) is 99.6 Å². The highest BCUT2D eigenvalue weighted by Crippen LogP contribution is 2.49. The van der Waals surface area contributed by atoms with Crippen LogP contribution in [0.4, 0.5) is 5.69 Å². The van der Waals surface area contributed by atoms with Crippen LogP contribution in [-0.4, -0.2) is 77.4 Å².